The number of allylic oxidation sites excluding steroid dienone is 11. The van der Waals surface area contributed by atoms with Crippen molar-refractivity contribution < 1.29 is 0 Å². The minimum Gasteiger partial charge on any atom is -0.399 e. The zero-order valence-corrected chi connectivity index (χ0v) is 14.8. The zero-order valence-electron chi connectivity index (χ0n) is 14.8. The number of hydrogen-bond donors (Lipinski definition) is 1. The summed E-state index contributed by atoms with van der Waals surface area (Å²) < 4.78 is 0. The van der Waals surface area contributed by atoms with Crippen LogP contribution in [0.1, 0.15) is 12.0 Å². The summed E-state index contributed by atoms with van der Waals surface area (Å²) in [6.07, 6.45) is 17.0. The first kappa shape index (κ1) is 20.0. The molecule has 0 radical (unpaired) electrons. The molecule has 0 bridgehead atoms. The van der Waals surface area contributed by atoms with E-state index in [9.17, 15) is 0 Å². The van der Waals surface area contributed by atoms with E-state index in [0.29, 0.717) is 5.70 Å². The minimum atomic E-state index is 0.524. The van der Waals surface area contributed by atoms with E-state index in [4.69, 9.17) is 5.73 Å². The van der Waals surface area contributed by atoms with Crippen molar-refractivity contribution >= 4 is 0 Å². The Morgan fingerprint density at radius 1 is 0.840 bits per heavy atom. The highest BCUT2D eigenvalue weighted by atomic mass is 14.5. The number of benzene rings is 1. The maximum absolute atomic E-state index is 5.61. The van der Waals surface area contributed by atoms with Crippen molar-refractivity contribution in [2.45, 2.75) is 12.8 Å². The van der Waals surface area contributed by atoms with Gasteiger partial charge in [0.15, 0.2) is 0 Å². The van der Waals surface area contributed by atoms with Gasteiger partial charge in [-0.1, -0.05) is 105 Å². The number of hydrogen-bond acceptors (Lipinski definition) is 1. The van der Waals surface area contributed by atoms with E-state index in [1.807, 2.05) is 36.4 Å². The first-order chi connectivity index (χ1) is 12.0. The molecule has 0 unspecified atom stereocenters. The molecule has 0 saturated carbocycles. The van der Waals surface area contributed by atoms with Crippen molar-refractivity contribution in [1.29, 1.82) is 0 Å². The van der Waals surface area contributed by atoms with E-state index in [1.54, 1.807) is 18.2 Å². The van der Waals surface area contributed by atoms with E-state index in [-0.39, 0.29) is 0 Å². The van der Waals surface area contributed by atoms with Crippen LogP contribution in [-0.2, 0) is 6.42 Å². The molecule has 1 rings (SSSR count). The second kappa shape index (κ2) is 11.5. The molecule has 0 saturated heterocycles. The fourth-order valence-electron chi connectivity index (χ4n) is 2.24. The van der Waals surface area contributed by atoms with Gasteiger partial charge in [0.25, 0.3) is 0 Å². The molecule has 1 aromatic rings. The zero-order chi connectivity index (χ0) is 18.5. The normalized spacial score (nSPS) is 12.5. The fourth-order valence-corrected chi connectivity index (χ4v) is 2.24. The molecule has 1 aromatic carbocycles. The van der Waals surface area contributed by atoms with Crippen LogP contribution in [0.3, 0.4) is 0 Å². The summed E-state index contributed by atoms with van der Waals surface area (Å²) in [6.45, 7) is 15.4. The van der Waals surface area contributed by atoms with Crippen molar-refractivity contribution in [3.05, 3.63) is 133 Å². The van der Waals surface area contributed by atoms with Crippen molar-refractivity contribution in [3.8, 4) is 0 Å². The van der Waals surface area contributed by atoms with E-state index < -0.39 is 0 Å². The molecule has 0 fully saturated rings. The smallest absolute Gasteiger partial charge is 0.0241 e. The lowest BCUT2D eigenvalue weighted by atomic mass is 10.0. The minimum absolute atomic E-state index is 0.524. The van der Waals surface area contributed by atoms with Crippen LogP contribution in [0, 0.1) is 0 Å². The van der Waals surface area contributed by atoms with Gasteiger partial charge >= 0.3 is 0 Å². The van der Waals surface area contributed by atoms with Crippen molar-refractivity contribution in [2.24, 2.45) is 5.73 Å². The topological polar surface area (TPSA) is 26.0 Å². The average molecular weight is 329 g/mol. The molecule has 0 aliphatic carbocycles. The Hall–Kier alpha value is -3.06. The van der Waals surface area contributed by atoms with E-state index in [1.165, 1.54) is 5.56 Å². The van der Waals surface area contributed by atoms with Crippen molar-refractivity contribution in [2.75, 3.05) is 0 Å². The third-order valence-corrected chi connectivity index (χ3v) is 3.39. The maximum Gasteiger partial charge on any atom is 0.0241 e. The molecular weight excluding hydrogens is 302 g/mol. The van der Waals surface area contributed by atoms with Gasteiger partial charge in [-0.2, -0.15) is 0 Å². The Labute approximate surface area is 152 Å². The number of rotatable bonds is 10. The van der Waals surface area contributed by atoms with Gasteiger partial charge in [-0.05, 0) is 35.6 Å². The van der Waals surface area contributed by atoms with Gasteiger partial charge < -0.3 is 5.73 Å². The van der Waals surface area contributed by atoms with E-state index >= 15 is 0 Å². The molecule has 1 heteroatoms. The Morgan fingerprint density at radius 3 is 1.92 bits per heavy atom. The summed E-state index contributed by atoms with van der Waals surface area (Å²) in [7, 11) is 0. The molecule has 25 heavy (non-hydrogen) atoms. The summed E-state index contributed by atoms with van der Waals surface area (Å²) in [5, 5.41) is 0. The Morgan fingerprint density at radius 2 is 1.40 bits per heavy atom. The van der Waals surface area contributed by atoms with Gasteiger partial charge in [0, 0.05) is 5.70 Å². The third kappa shape index (κ3) is 8.97. The van der Waals surface area contributed by atoms with Gasteiger partial charge in [-0.15, -0.1) is 0 Å². The second-order valence-electron chi connectivity index (χ2n) is 5.69. The van der Waals surface area contributed by atoms with Gasteiger partial charge in [-0.25, -0.2) is 0 Å². The van der Waals surface area contributed by atoms with Crippen LogP contribution in [0.5, 0.6) is 0 Å². The monoisotopic (exact) mass is 329 g/mol. The molecular formula is C24H27N. The SMILES string of the molecule is C=C/C=C(\C=C/C(=C)N)CC(/C=C\C(=C)Cc1ccccc1)=C/C=C. The highest BCUT2D eigenvalue weighted by molar-refractivity contribution is 5.38. The van der Waals surface area contributed by atoms with Crippen LogP contribution in [0.4, 0.5) is 0 Å². The van der Waals surface area contributed by atoms with Crippen LogP contribution >= 0.6 is 0 Å². The molecule has 0 amide bonds. The fraction of sp³-hybridized carbons (Fsp3) is 0.0833. The first-order valence-corrected chi connectivity index (χ1v) is 8.20. The predicted molar refractivity (Wildman–Crippen MR) is 112 cm³/mol. The second-order valence-corrected chi connectivity index (χ2v) is 5.69. The molecule has 0 aliphatic heterocycles. The van der Waals surface area contributed by atoms with Crippen LogP contribution in [-0.4, -0.2) is 0 Å². The molecule has 0 aliphatic rings. The van der Waals surface area contributed by atoms with Crippen LogP contribution in [0.25, 0.3) is 0 Å². The standard InChI is InChI=1S/C24H27N/c1-5-10-22(19-23(11-6-2)17-15-21(4)25)16-14-20(3)18-24-12-8-7-9-13-24/h5-17H,1-4,18-19,25H2/b16-14-,17-15-,22-10+,23-11+. The third-order valence-electron chi connectivity index (χ3n) is 3.39. The van der Waals surface area contributed by atoms with Crippen LogP contribution < -0.4 is 5.73 Å². The highest BCUT2D eigenvalue weighted by Gasteiger charge is 1.98. The molecule has 0 atom stereocenters. The first-order valence-electron chi connectivity index (χ1n) is 8.20. The molecule has 2 N–H and O–H groups in total. The summed E-state index contributed by atoms with van der Waals surface area (Å²) in [4.78, 5) is 0. The van der Waals surface area contributed by atoms with E-state index in [0.717, 1.165) is 29.6 Å². The maximum atomic E-state index is 5.61. The summed E-state index contributed by atoms with van der Waals surface area (Å²) >= 11 is 0. The Bertz CT molecular complexity index is 725. The van der Waals surface area contributed by atoms with Crippen LogP contribution in [0.15, 0.2) is 128 Å². The summed E-state index contributed by atoms with van der Waals surface area (Å²) in [5.41, 5.74) is 10.7. The van der Waals surface area contributed by atoms with Gasteiger partial charge in [0.1, 0.15) is 0 Å². The molecule has 0 heterocycles. The lowest BCUT2D eigenvalue weighted by Crippen LogP contribution is -1.90. The highest BCUT2D eigenvalue weighted by Crippen LogP contribution is 2.16. The molecule has 128 valence electrons. The van der Waals surface area contributed by atoms with Gasteiger partial charge in [-0.3, -0.25) is 0 Å². The predicted octanol–water partition coefficient (Wildman–Crippen LogP) is 5.99. The quantitative estimate of drug-likeness (QED) is 0.525. The largest absolute Gasteiger partial charge is 0.399 e. The Kier molecular flexibility index (Phi) is 9.17. The lowest BCUT2D eigenvalue weighted by Gasteiger charge is -2.05. The van der Waals surface area contributed by atoms with Gasteiger partial charge in [0.2, 0.25) is 0 Å². The molecule has 0 spiro atoms. The number of nitrogens with two attached hydrogens (primary N) is 1. The van der Waals surface area contributed by atoms with Crippen LogP contribution in [0.2, 0.25) is 0 Å². The average Bonchev–Trinajstić information content (AvgIpc) is 2.58. The Balaban J connectivity index is 2.81. The molecule has 0 aromatic heterocycles. The summed E-state index contributed by atoms with van der Waals surface area (Å²) in [5.74, 6) is 0. The molecule has 1 nitrogen and oxygen atoms in total. The van der Waals surface area contributed by atoms with Gasteiger partial charge in [0.05, 0.1) is 0 Å². The lowest BCUT2D eigenvalue weighted by molar-refractivity contribution is 1.18. The van der Waals surface area contributed by atoms with Crippen molar-refractivity contribution in [3.63, 3.8) is 0 Å². The van der Waals surface area contributed by atoms with Crippen molar-refractivity contribution in [1.82, 2.24) is 0 Å². The summed E-state index contributed by atoms with van der Waals surface area (Å²) in [6, 6.07) is 10.3. The van der Waals surface area contributed by atoms with E-state index in [2.05, 4.69) is 50.6 Å².